The smallest absolute Gasteiger partial charge is 0.251 e. The Labute approximate surface area is 141 Å². The van der Waals surface area contributed by atoms with Crippen molar-refractivity contribution in [2.24, 2.45) is 0 Å². The molecule has 0 atom stereocenters. The molecule has 0 bridgehead atoms. The molecule has 0 radical (unpaired) electrons. The minimum absolute atomic E-state index is 0.0736. The summed E-state index contributed by atoms with van der Waals surface area (Å²) in [5.41, 5.74) is 1.82. The predicted octanol–water partition coefficient (Wildman–Crippen LogP) is 2.32. The Morgan fingerprint density at radius 3 is 2.50 bits per heavy atom. The van der Waals surface area contributed by atoms with E-state index in [0.29, 0.717) is 29.0 Å². The standard InChI is InChI=1S/C18H18N2O3S/c1-2-24(22,23)17-8-6-14(7-9-17)10-11-20-18(21)16-5-3-4-15(12-16)13-19/h3-9,12H,2,10-11H2,1H3,(H,20,21). The van der Waals surface area contributed by atoms with Crippen LogP contribution in [-0.2, 0) is 16.3 Å². The molecule has 2 rings (SSSR count). The lowest BCUT2D eigenvalue weighted by molar-refractivity contribution is 0.0954. The molecule has 0 aliphatic heterocycles. The number of hydrogen-bond acceptors (Lipinski definition) is 4. The van der Waals surface area contributed by atoms with Crippen LogP contribution >= 0.6 is 0 Å². The van der Waals surface area contributed by atoms with Crippen LogP contribution in [0, 0.1) is 11.3 Å². The zero-order valence-electron chi connectivity index (χ0n) is 13.3. The van der Waals surface area contributed by atoms with Gasteiger partial charge in [-0.3, -0.25) is 4.79 Å². The number of nitrogens with zero attached hydrogens (tertiary/aromatic N) is 1. The second-order valence-corrected chi connectivity index (χ2v) is 7.52. The quantitative estimate of drug-likeness (QED) is 0.873. The fraction of sp³-hybridized carbons (Fsp3) is 0.222. The van der Waals surface area contributed by atoms with Crippen molar-refractivity contribution in [1.82, 2.24) is 5.32 Å². The molecular weight excluding hydrogens is 324 g/mol. The Hall–Kier alpha value is -2.65. The molecular formula is C18H18N2O3S. The fourth-order valence-corrected chi connectivity index (χ4v) is 3.07. The number of nitrogens with one attached hydrogen (secondary N) is 1. The van der Waals surface area contributed by atoms with Gasteiger partial charge in [-0.05, 0) is 42.3 Å². The highest BCUT2D eigenvalue weighted by atomic mass is 32.2. The van der Waals surface area contributed by atoms with Gasteiger partial charge in [-0.25, -0.2) is 8.42 Å². The van der Waals surface area contributed by atoms with E-state index >= 15 is 0 Å². The third kappa shape index (κ3) is 4.43. The van der Waals surface area contributed by atoms with E-state index in [4.69, 9.17) is 5.26 Å². The van der Waals surface area contributed by atoms with Crippen molar-refractivity contribution < 1.29 is 13.2 Å². The number of sulfone groups is 1. The molecule has 0 aliphatic carbocycles. The zero-order valence-corrected chi connectivity index (χ0v) is 14.1. The summed E-state index contributed by atoms with van der Waals surface area (Å²) < 4.78 is 23.5. The third-order valence-corrected chi connectivity index (χ3v) is 5.37. The van der Waals surface area contributed by atoms with Crippen molar-refractivity contribution in [1.29, 1.82) is 5.26 Å². The number of hydrogen-bond donors (Lipinski definition) is 1. The Morgan fingerprint density at radius 1 is 1.17 bits per heavy atom. The predicted molar refractivity (Wildman–Crippen MR) is 91.4 cm³/mol. The van der Waals surface area contributed by atoms with Gasteiger partial charge in [0, 0.05) is 12.1 Å². The Balaban J connectivity index is 1.92. The first-order valence-corrected chi connectivity index (χ1v) is 9.21. The van der Waals surface area contributed by atoms with E-state index in [0.717, 1.165) is 5.56 Å². The highest BCUT2D eigenvalue weighted by Crippen LogP contribution is 2.12. The van der Waals surface area contributed by atoms with E-state index in [-0.39, 0.29) is 11.7 Å². The summed E-state index contributed by atoms with van der Waals surface area (Å²) in [7, 11) is -3.19. The molecule has 0 fully saturated rings. The van der Waals surface area contributed by atoms with Gasteiger partial charge in [0.2, 0.25) is 0 Å². The number of amides is 1. The molecule has 124 valence electrons. The summed E-state index contributed by atoms with van der Waals surface area (Å²) in [5.74, 6) is -0.165. The van der Waals surface area contributed by atoms with Crippen molar-refractivity contribution in [2.75, 3.05) is 12.3 Å². The van der Waals surface area contributed by atoms with Gasteiger partial charge in [-0.2, -0.15) is 5.26 Å². The first kappa shape index (κ1) is 17.7. The van der Waals surface area contributed by atoms with E-state index in [9.17, 15) is 13.2 Å². The van der Waals surface area contributed by atoms with Crippen LogP contribution in [-0.4, -0.2) is 26.6 Å². The van der Waals surface area contributed by atoms with E-state index in [1.54, 1.807) is 55.5 Å². The lowest BCUT2D eigenvalue weighted by Crippen LogP contribution is -2.25. The van der Waals surface area contributed by atoms with Gasteiger partial charge < -0.3 is 5.32 Å². The van der Waals surface area contributed by atoms with Gasteiger partial charge in [-0.1, -0.05) is 25.1 Å². The van der Waals surface area contributed by atoms with Gasteiger partial charge in [0.1, 0.15) is 0 Å². The van der Waals surface area contributed by atoms with Crippen molar-refractivity contribution >= 4 is 15.7 Å². The van der Waals surface area contributed by atoms with Crippen molar-refractivity contribution in [3.05, 3.63) is 65.2 Å². The van der Waals surface area contributed by atoms with Crippen LogP contribution in [0.5, 0.6) is 0 Å². The summed E-state index contributed by atoms with van der Waals surface area (Å²) in [6, 6.07) is 15.2. The van der Waals surface area contributed by atoms with Crippen LogP contribution in [0.1, 0.15) is 28.4 Å². The molecule has 2 aromatic rings. The maximum Gasteiger partial charge on any atom is 0.251 e. The van der Waals surface area contributed by atoms with Crippen LogP contribution in [0.2, 0.25) is 0 Å². The van der Waals surface area contributed by atoms with Crippen molar-refractivity contribution in [2.45, 2.75) is 18.2 Å². The van der Waals surface area contributed by atoms with Crippen LogP contribution in [0.3, 0.4) is 0 Å². The summed E-state index contributed by atoms with van der Waals surface area (Å²) in [4.78, 5) is 12.3. The monoisotopic (exact) mass is 342 g/mol. The van der Waals surface area contributed by atoms with Crippen LogP contribution in [0.4, 0.5) is 0 Å². The largest absolute Gasteiger partial charge is 0.352 e. The minimum atomic E-state index is -3.19. The molecule has 0 heterocycles. The molecule has 0 spiro atoms. The summed E-state index contributed by atoms with van der Waals surface area (Å²) in [5, 5.41) is 11.6. The highest BCUT2D eigenvalue weighted by Gasteiger charge is 2.11. The first-order valence-electron chi connectivity index (χ1n) is 7.56. The molecule has 5 nitrogen and oxygen atoms in total. The molecule has 0 aromatic heterocycles. The molecule has 24 heavy (non-hydrogen) atoms. The second-order valence-electron chi connectivity index (χ2n) is 5.25. The van der Waals surface area contributed by atoms with Crippen molar-refractivity contribution in [3.8, 4) is 6.07 Å². The first-order chi connectivity index (χ1) is 11.5. The third-order valence-electron chi connectivity index (χ3n) is 3.62. The summed E-state index contributed by atoms with van der Waals surface area (Å²) in [6.45, 7) is 2.04. The maximum absolute atomic E-state index is 12.0. The summed E-state index contributed by atoms with van der Waals surface area (Å²) in [6.07, 6.45) is 0.593. The molecule has 0 unspecified atom stereocenters. The zero-order chi connectivity index (χ0) is 17.6. The topological polar surface area (TPSA) is 87.0 Å². The Bertz CT molecular complexity index is 866. The number of nitriles is 1. The molecule has 2 aromatic carbocycles. The number of benzene rings is 2. The summed E-state index contributed by atoms with van der Waals surface area (Å²) >= 11 is 0. The van der Waals surface area contributed by atoms with Gasteiger partial charge in [0.25, 0.3) is 5.91 Å². The van der Waals surface area contributed by atoms with Gasteiger partial charge >= 0.3 is 0 Å². The molecule has 6 heteroatoms. The molecule has 1 N–H and O–H groups in total. The SMILES string of the molecule is CCS(=O)(=O)c1ccc(CCNC(=O)c2cccc(C#N)c2)cc1. The van der Waals surface area contributed by atoms with Gasteiger partial charge in [0.15, 0.2) is 9.84 Å². The lowest BCUT2D eigenvalue weighted by atomic mass is 10.1. The Morgan fingerprint density at radius 2 is 1.88 bits per heavy atom. The van der Waals surface area contributed by atoms with Crippen LogP contribution in [0.25, 0.3) is 0 Å². The fourth-order valence-electron chi connectivity index (χ4n) is 2.18. The van der Waals surface area contributed by atoms with E-state index in [2.05, 4.69) is 5.32 Å². The number of rotatable bonds is 6. The molecule has 0 aliphatic rings. The number of carbonyl (C=O) groups is 1. The minimum Gasteiger partial charge on any atom is -0.352 e. The average Bonchev–Trinajstić information content (AvgIpc) is 2.62. The molecule has 1 amide bonds. The normalized spacial score (nSPS) is 10.8. The molecule has 0 saturated carbocycles. The van der Waals surface area contributed by atoms with E-state index in [1.807, 2.05) is 6.07 Å². The maximum atomic E-state index is 12.0. The highest BCUT2D eigenvalue weighted by molar-refractivity contribution is 7.91. The van der Waals surface area contributed by atoms with Crippen molar-refractivity contribution in [3.63, 3.8) is 0 Å². The van der Waals surface area contributed by atoms with Crippen LogP contribution in [0.15, 0.2) is 53.4 Å². The van der Waals surface area contributed by atoms with Gasteiger partial charge in [-0.15, -0.1) is 0 Å². The Kier molecular flexibility index (Phi) is 5.72. The van der Waals surface area contributed by atoms with E-state index in [1.165, 1.54) is 0 Å². The lowest BCUT2D eigenvalue weighted by Gasteiger charge is -2.07. The number of carbonyl (C=O) groups excluding carboxylic acids is 1. The average molecular weight is 342 g/mol. The van der Waals surface area contributed by atoms with Crippen LogP contribution < -0.4 is 5.32 Å². The van der Waals surface area contributed by atoms with Gasteiger partial charge in [0.05, 0.1) is 22.3 Å². The second kappa shape index (κ2) is 7.75. The molecule has 0 saturated heterocycles. The van der Waals surface area contributed by atoms with E-state index < -0.39 is 9.84 Å².